The molecule has 0 saturated heterocycles. The van der Waals surface area contributed by atoms with Crippen LogP contribution in [0.4, 0.5) is 0 Å². The third-order valence-electron chi connectivity index (χ3n) is 10.7. The molecule has 8 atom stereocenters. The molecule has 0 spiro atoms. The highest BCUT2D eigenvalue weighted by molar-refractivity contribution is 7.47. The van der Waals surface area contributed by atoms with Crippen molar-refractivity contribution in [2.24, 2.45) is 0 Å². The number of rotatable bonds is 40. The molecule has 1 rings (SSSR count). The van der Waals surface area contributed by atoms with Gasteiger partial charge in [-0.1, -0.05) is 152 Å². The predicted molar refractivity (Wildman–Crippen MR) is 252 cm³/mol. The van der Waals surface area contributed by atoms with E-state index in [1.807, 2.05) is 0 Å². The number of aliphatic hydroxyl groups excluding tert-OH is 3. The molecule has 0 aliphatic heterocycles. The van der Waals surface area contributed by atoms with E-state index < -0.39 is 91.3 Å². The van der Waals surface area contributed by atoms with Crippen molar-refractivity contribution < 1.29 is 90.6 Å². The van der Waals surface area contributed by atoms with E-state index in [0.29, 0.717) is 12.8 Å². The number of carbonyl (C=O) groups is 2. The molecule has 0 aromatic heterocycles. The number of phosphoric acid groups is 3. The van der Waals surface area contributed by atoms with Gasteiger partial charge in [-0.2, -0.15) is 0 Å². The predicted octanol–water partition coefficient (Wildman–Crippen LogP) is 8.62. The van der Waals surface area contributed by atoms with E-state index in [1.165, 1.54) is 44.9 Å². The van der Waals surface area contributed by atoms with Gasteiger partial charge in [0.15, 0.2) is 6.10 Å². The van der Waals surface area contributed by atoms with Crippen molar-refractivity contribution in [2.75, 3.05) is 13.2 Å². The molecule has 0 amide bonds. The molecular formula is C45H81O19P3. The fourth-order valence-electron chi connectivity index (χ4n) is 7.10. The van der Waals surface area contributed by atoms with Crippen LogP contribution in [0.5, 0.6) is 0 Å². The van der Waals surface area contributed by atoms with Gasteiger partial charge in [0.25, 0.3) is 0 Å². The normalized spacial score (nSPS) is 22.0. The number of allylic oxidation sites excluding steroid dienone is 8. The van der Waals surface area contributed by atoms with Crippen LogP contribution in [0.3, 0.4) is 0 Å². The molecule has 1 aliphatic rings. The van der Waals surface area contributed by atoms with Crippen molar-refractivity contribution in [3.05, 3.63) is 48.6 Å². The average molecular weight is 1020 g/mol. The zero-order valence-electron chi connectivity index (χ0n) is 39.5. The minimum Gasteiger partial charge on any atom is -0.462 e. The molecule has 67 heavy (non-hydrogen) atoms. The number of ether oxygens (including phenoxy) is 2. The Bertz CT molecular complexity index is 1590. The van der Waals surface area contributed by atoms with Gasteiger partial charge in [0.2, 0.25) is 0 Å². The summed E-state index contributed by atoms with van der Waals surface area (Å²) in [5, 5.41) is 31.9. The molecule has 0 aromatic rings. The molecule has 8 N–H and O–H groups in total. The lowest BCUT2D eigenvalue weighted by molar-refractivity contribution is -0.213. The van der Waals surface area contributed by atoms with Crippen molar-refractivity contribution in [1.82, 2.24) is 0 Å². The second-order valence-electron chi connectivity index (χ2n) is 16.7. The van der Waals surface area contributed by atoms with Crippen molar-refractivity contribution in [2.45, 2.75) is 211 Å². The Morgan fingerprint density at radius 3 is 1.40 bits per heavy atom. The van der Waals surface area contributed by atoms with Gasteiger partial charge < -0.3 is 49.3 Å². The molecule has 0 heterocycles. The maximum atomic E-state index is 13.1. The number of unbranched alkanes of at least 4 members (excludes halogenated alkanes) is 16. The van der Waals surface area contributed by atoms with Gasteiger partial charge in [-0.05, 0) is 51.4 Å². The van der Waals surface area contributed by atoms with Crippen molar-refractivity contribution in [1.29, 1.82) is 0 Å². The summed E-state index contributed by atoms with van der Waals surface area (Å²) in [6.07, 6.45) is 22.7. The zero-order valence-corrected chi connectivity index (χ0v) is 42.1. The van der Waals surface area contributed by atoms with Crippen LogP contribution in [0.15, 0.2) is 48.6 Å². The van der Waals surface area contributed by atoms with Crippen molar-refractivity contribution in [3.63, 3.8) is 0 Å². The van der Waals surface area contributed by atoms with Crippen LogP contribution in [-0.4, -0.2) is 108 Å². The SMILES string of the molecule is CCC=CCC=CCC=CCC=CCCCCCCC(=O)OC[C@H](COP(=O)(O)O[C@H]1C(O)C(O)C(OP(=O)(O)O)[C@@H](OP(=O)(O)O)C1O)OC(=O)CCCCCCCCCCCCCCC. The molecular weight excluding hydrogens is 937 g/mol. The van der Waals surface area contributed by atoms with E-state index >= 15 is 0 Å². The molecule has 1 saturated carbocycles. The highest BCUT2D eigenvalue weighted by Crippen LogP contribution is 2.51. The van der Waals surface area contributed by atoms with Crippen LogP contribution >= 0.6 is 23.5 Å². The molecule has 0 bridgehead atoms. The molecule has 5 unspecified atom stereocenters. The van der Waals surface area contributed by atoms with Gasteiger partial charge >= 0.3 is 35.4 Å². The van der Waals surface area contributed by atoms with Crippen LogP contribution in [0.2, 0.25) is 0 Å². The van der Waals surface area contributed by atoms with Gasteiger partial charge in [0.05, 0.1) is 6.61 Å². The number of phosphoric ester groups is 3. The van der Waals surface area contributed by atoms with Crippen molar-refractivity contribution >= 4 is 35.4 Å². The summed E-state index contributed by atoms with van der Waals surface area (Å²) >= 11 is 0. The van der Waals surface area contributed by atoms with Gasteiger partial charge in [-0.15, -0.1) is 0 Å². The van der Waals surface area contributed by atoms with Gasteiger partial charge in [0, 0.05) is 12.8 Å². The second kappa shape index (κ2) is 37.0. The molecule has 1 fully saturated rings. The van der Waals surface area contributed by atoms with Crippen LogP contribution in [0, 0.1) is 0 Å². The topological polar surface area (TPSA) is 303 Å². The lowest BCUT2D eigenvalue weighted by Crippen LogP contribution is -2.65. The first-order chi connectivity index (χ1) is 31.8. The molecule has 19 nitrogen and oxygen atoms in total. The van der Waals surface area contributed by atoms with E-state index in [1.54, 1.807) is 0 Å². The van der Waals surface area contributed by atoms with Crippen LogP contribution in [0.1, 0.15) is 168 Å². The summed E-state index contributed by atoms with van der Waals surface area (Å²) in [7, 11) is -16.6. The second-order valence-corrected chi connectivity index (χ2v) is 20.5. The molecule has 0 aromatic carbocycles. The summed E-state index contributed by atoms with van der Waals surface area (Å²) in [5.41, 5.74) is 0. The zero-order chi connectivity index (χ0) is 50.0. The maximum absolute atomic E-state index is 13.1. The van der Waals surface area contributed by atoms with E-state index in [0.717, 1.165) is 83.5 Å². The standard InChI is InChI=1S/C45H81O19P3/c1-3-5-7-9-11-13-15-17-18-19-20-22-23-25-27-29-31-33-38(46)59-35-37(61-39(47)34-32-30-28-26-24-21-16-14-12-10-8-6-4-2)36-60-67(57,58)64-43-40(48)41(49)44(62-65(51,52)53)45(42(43)50)63-66(54,55)56/h5,7,11,13,17-18,20,22,37,40-45,48-50H,3-4,6,8-10,12,14-16,19,21,23-36H2,1-2H3,(H,57,58)(H2,51,52,53)(H2,54,55,56)/t37-,40?,41?,42?,43+,44?,45+/m1/s1. The summed E-state index contributed by atoms with van der Waals surface area (Å²) < 4.78 is 65.4. The summed E-state index contributed by atoms with van der Waals surface area (Å²) in [6, 6.07) is 0. The van der Waals surface area contributed by atoms with E-state index in [9.17, 15) is 63.1 Å². The average Bonchev–Trinajstić information content (AvgIpc) is 3.25. The first-order valence-corrected chi connectivity index (χ1v) is 28.5. The Kier molecular flexibility index (Phi) is 34.8. The van der Waals surface area contributed by atoms with Gasteiger partial charge in [0.1, 0.15) is 43.2 Å². The summed E-state index contributed by atoms with van der Waals surface area (Å²) in [6.45, 7) is 2.81. The quantitative estimate of drug-likeness (QED) is 0.0123. The Labute approximate surface area is 397 Å². The Morgan fingerprint density at radius 1 is 0.493 bits per heavy atom. The number of aliphatic hydroxyl groups is 3. The minimum atomic E-state index is -5.60. The highest BCUT2D eigenvalue weighted by Gasteiger charge is 2.56. The highest BCUT2D eigenvalue weighted by atomic mass is 31.2. The van der Waals surface area contributed by atoms with Gasteiger partial charge in [-0.25, -0.2) is 13.7 Å². The molecule has 1 aliphatic carbocycles. The third kappa shape index (κ3) is 33.4. The first-order valence-electron chi connectivity index (χ1n) is 23.9. The maximum Gasteiger partial charge on any atom is 0.472 e. The fraction of sp³-hybridized carbons (Fsp3) is 0.778. The lowest BCUT2D eigenvalue weighted by Gasteiger charge is -2.44. The van der Waals surface area contributed by atoms with Gasteiger partial charge in [-0.3, -0.25) is 27.7 Å². The number of hydrogen-bond donors (Lipinski definition) is 8. The monoisotopic (exact) mass is 1020 g/mol. The van der Waals surface area contributed by atoms with E-state index in [2.05, 4.69) is 71.5 Å². The van der Waals surface area contributed by atoms with Crippen LogP contribution in [0.25, 0.3) is 0 Å². The Balaban J connectivity index is 2.74. The Hall–Kier alpha value is -1.89. The molecule has 22 heteroatoms. The number of carbonyl (C=O) groups excluding carboxylic acids is 2. The van der Waals surface area contributed by atoms with Crippen molar-refractivity contribution in [3.8, 4) is 0 Å². The number of esters is 2. The third-order valence-corrected chi connectivity index (χ3v) is 12.7. The van der Waals surface area contributed by atoms with Crippen LogP contribution < -0.4 is 0 Å². The number of hydrogen-bond acceptors (Lipinski definition) is 14. The van der Waals surface area contributed by atoms with Crippen LogP contribution in [-0.2, 0) is 50.9 Å². The minimum absolute atomic E-state index is 0.00639. The lowest BCUT2D eigenvalue weighted by atomic mass is 9.85. The largest absolute Gasteiger partial charge is 0.472 e. The Morgan fingerprint density at radius 2 is 0.910 bits per heavy atom. The van der Waals surface area contributed by atoms with E-state index in [4.69, 9.17) is 18.5 Å². The first kappa shape index (κ1) is 63.1. The fourth-order valence-corrected chi connectivity index (χ4v) is 9.20. The molecule has 0 radical (unpaired) electrons. The summed E-state index contributed by atoms with van der Waals surface area (Å²) in [4.78, 5) is 73.2. The molecule has 390 valence electrons. The summed E-state index contributed by atoms with van der Waals surface area (Å²) in [5.74, 6) is -1.32. The van der Waals surface area contributed by atoms with E-state index in [-0.39, 0.29) is 12.8 Å². The smallest absolute Gasteiger partial charge is 0.462 e.